The number of fused-ring (bicyclic) bond motifs is 1. The van der Waals surface area contributed by atoms with Gasteiger partial charge in [-0.05, 0) is 37.2 Å². The average Bonchev–Trinajstić information content (AvgIpc) is 3.48. The number of aliphatic hydroxyl groups excluding tert-OH is 1. The molecule has 32 heavy (non-hydrogen) atoms. The zero-order chi connectivity index (χ0) is 22.9. The minimum absolute atomic E-state index is 0.0121. The van der Waals surface area contributed by atoms with E-state index in [1.165, 1.54) is 4.90 Å². The number of aliphatic hydroxyl groups is 1. The molecule has 3 aliphatic rings. The van der Waals surface area contributed by atoms with Crippen LogP contribution < -0.4 is 5.73 Å². The van der Waals surface area contributed by atoms with Gasteiger partial charge in [0.15, 0.2) is 0 Å². The van der Waals surface area contributed by atoms with Crippen LogP contribution in [0.1, 0.15) is 37.7 Å². The van der Waals surface area contributed by atoms with Gasteiger partial charge in [0.2, 0.25) is 0 Å². The lowest BCUT2D eigenvalue weighted by Gasteiger charge is -2.39. The first-order chi connectivity index (χ1) is 15.3. The molecule has 3 N–H and O–H groups in total. The minimum Gasteiger partial charge on any atom is -0.460 e. The third kappa shape index (κ3) is 4.95. The van der Waals surface area contributed by atoms with Crippen molar-refractivity contribution >= 4 is 5.97 Å². The second-order valence-corrected chi connectivity index (χ2v) is 9.20. The Morgan fingerprint density at radius 2 is 2.00 bits per heavy atom. The van der Waals surface area contributed by atoms with Crippen LogP contribution in [0.3, 0.4) is 0 Å². The first-order valence-electron chi connectivity index (χ1n) is 11.4. The fourth-order valence-electron chi connectivity index (χ4n) is 5.54. The van der Waals surface area contributed by atoms with Crippen LogP contribution in [-0.4, -0.2) is 65.8 Å². The maximum absolute atomic E-state index is 13.8. The summed E-state index contributed by atoms with van der Waals surface area (Å²) in [5.41, 5.74) is 7.08. The predicted octanol–water partition coefficient (Wildman–Crippen LogP) is 2.63. The van der Waals surface area contributed by atoms with Crippen LogP contribution in [-0.2, 0) is 20.7 Å². The molecule has 2 heterocycles. The Morgan fingerprint density at radius 3 is 2.66 bits per heavy atom. The SMILES string of the molecule is NC([C@@H](O)[C@H](Cc1ccccc1)C(=O)OC1CCOC1)N1[C@H](C(F)(F)F)C[C@@H]2CCC[C@@H]21. The number of benzene rings is 1. The van der Waals surface area contributed by atoms with Crippen molar-refractivity contribution in [3.8, 4) is 0 Å². The molecular formula is C23H31F3N2O4. The van der Waals surface area contributed by atoms with E-state index in [1.54, 1.807) is 24.3 Å². The summed E-state index contributed by atoms with van der Waals surface area (Å²) in [6.45, 7) is 0.755. The third-order valence-corrected chi connectivity index (χ3v) is 7.14. The van der Waals surface area contributed by atoms with Crippen molar-refractivity contribution in [1.82, 2.24) is 4.90 Å². The van der Waals surface area contributed by atoms with E-state index >= 15 is 0 Å². The Labute approximate surface area is 185 Å². The van der Waals surface area contributed by atoms with Crippen LogP contribution in [0.25, 0.3) is 0 Å². The smallest absolute Gasteiger partial charge is 0.404 e. The number of alkyl halides is 3. The Morgan fingerprint density at radius 1 is 1.25 bits per heavy atom. The largest absolute Gasteiger partial charge is 0.460 e. The van der Waals surface area contributed by atoms with Crippen molar-refractivity contribution in [2.75, 3.05) is 13.2 Å². The maximum atomic E-state index is 13.8. The fourth-order valence-corrected chi connectivity index (χ4v) is 5.54. The monoisotopic (exact) mass is 456 g/mol. The van der Waals surface area contributed by atoms with Crippen molar-refractivity contribution in [2.24, 2.45) is 17.6 Å². The first-order valence-corrected chi connectivity index (χ1v) is 11.4. The van der Waals surface area contributed by atoms with E-state index in [-0.39, 0.29) is 31.4 Å². The molecule has 178 valence electrons. The van der Waals surface area contributed by atoms with Gasteiger partial charge in [0.1, 0.15) is 12.1 Å². The molecule has 7 atom stereocenters. The number of nitrogens with zero attached hydrogens (tertiary/aromatic N) is 1. The van der Waals surface area contributed by atoms with E-state index in [4.69, 9.17) is 15.2 Å². The lowest BCUT2D eigenvalue weighted by molar-refractivity contribution is -0.193. The summed E-state index contributed by atoms with van der Waals surface area (Å²) < 4.78 is 52.3. The molecule has 0 spiro atoms. The maximum Gasteiger partial charge on any atom is 0.404 e. The quantitative estimate of drug-likeness (QED) is 0.614. The highest BCUT2D eigenvalue weighted by Crippen LogP contribution is 2.47. The molecule has 1 saturated carbocycles. The minimum atomic E-state index is -4.45. The Hall–Kier alpha value is -1.68. The molecule has 2 aliphatic heterocycles. The number of hydrogen-bond acceptors (Lipinski definition) is 6. The zero-order valence-corrected chi connectivity index (χ0v) is 17.9. The van der Waals surface area contributed by atoms with Gasteiger partial charge in [-0.25, -0.2) is 0 Å². The molecule has 9 heteroatoms. The van der Waals surface area contributed by atoms with E-state index in [9.17, 15) is 23.1 Å². The van der Waals surface area contributed by atoms with E-state index in [2.05, 4.69) is 0 Å². The first kappa shape index (κ1) is 23.5. The third-order valence-electron chi connectivity index (χ3n) is 7.14. The molecule has 1 aromatic carbocycles. The van der Waals surface area contributed by atoms with Crippen molar-refractivity contribution in [2.45, 2.75) is 75.2 Å². The standard InChI is InChI=1S/C23H31F3N2O4/c24-23(25,26)19-12-15-7-4-8-18(15)28(19)21(27)20(29)17(11-14-5-2-1-3-6-14)22(30)32-16-9-10-31-13-16/h1-3,5-6,15-21,29H,4,7-13,27H2/t15-,16?,17-,18-,19-,20-,21?/m0/s1. The summed E-state index contributed by atoms with van der Waals surface area (Å²) in [6, 6.07) is 7.00. The number of carbonyl (C=O) groups excluding carboxylic acids is 1. The van der Waals surface area contributed by atoms with Crippen molar-refractivity contribution in [3.05, 3.63) is 35.9 Å². The molecule has 4 rings (SSSR count). The van der Waals surface area contributed by atoms with Gasteiger partial charge in [-0.15, -0.1) is 0 Å². The van der Waals surface area contributed by atoms with Gasteiger partial charge >= 0.3 is 12.1 Å². The molecule has 2 unspecified atom stereocenters. The van der Waals surface area contributed by atoms with Gasteiger partial charge in [-0.2, -0.15) is 13.2 Å². The molecule has 6 nitrogen and oxygen atoms in total. The van der Waals surface area contributed by atoms with E-state index < -0.39 is 42.5 Å². The van der Waals surface area contributed by atoms with Gasteiger partial charge in [-0.3, -0.25) is 9.69 Å². The Kier molecular flexibility index (Phi) is 7.09. The summed E-state index contributed by atoms with van der Waals surface area (Å²) in [5, 5.41) is 11.2. The van der Waals surface area contributed by atoms with Gasteiger partial charge < -0.3 is 20.3 Å². The normalized spacial score (nSPS) is 31.3. The molecule has 0 bridgehead atoms. The van der Waals surface area contributed by atoms with Gasteiger partial charge in [0.05, 0.1) is 31.4 Å². The van der Waals surface area contributed by atoms with E-state index in [0.29, 0.717) is 19.4 Å². The number of rotatable bonds is 7. The summed E-state index contributed by atoms with van der Waals surface area (Å²) in [6.07, 6.45) is -4.84. The van der Waals surface area contributed by atoms with E-state index in [1.807, 2.05) is 6.07 Å². The molecule has 2 saturated heterocycles. The second kappa shape index (κ2) is 9.67. The summed E-state index contributed by atoms with van der Waals surface area (Å²) >= 11 is 0. The topological polar surface area (TPSA) is 85.0 Å². The van der Waals surface area contributed by atoms with Gasteiger partial charge in [0.25, 0.3) is 0 Å². The average molecular weight is 457 g/mol. The summed E-state index contributed by atoms with van der Waals surface area (Å²) in [5.74, 6) is -1.82. The van der Waals surface area contributed by atoms with E-state index in [0.717, 1.165) is 18.4 Å². The fraction of sp³-hybridized carbons (Fsp3) is 0.696. The van der Waals surface area contributed by atoms with Crippen LogP contribution in [0.15, 0.2) is 30.3 Å². The van der Waals surface area contributed by atoms with Crippen LogP contribution in [0.5, 0.6) is 0 Å². The predicted molar refractivity (Wildman–Crippen MR) is 110 cm³/mol. The molecule has 0 aromatic heterocycles. The Balaban J connectivity index is 1.56. The van der Waals surface area contributed by atoms with Gasteiger partial charge in [0, 0.05) is 12.5 Å². The summed E-state index contributed by atoms with van der Waals surface area (Å²) in [4.78, 5) is 14.3. The number of hydrogen-bond donors (Lipinski definition) is 2. The van der Waals surface area contributed by atoms with Crippen LogP contribution >= 0.6 is 0 Å². The number of carbonyl (C=O) groups is 1. The highest BCUT2D eigenvalue weighted by atomic mass is 19.4. The molecule has 3 fully saturated rings. The number of nitrogens with two attached hydrogens (primary N) is 1. The number of esters is 1. The number of halogens is 3. The molecule has 0 amide bonds. The molecule has 1 aromatic rings. The number of likely N-dealkylation sites (tertiary alicyclic amines) is 1. The molecule has 0 radical (unpaired) electrons. The van der Waals surface area contributed by atoms with Crippen molar-refractivity contribution < 1.29 is 32.5 Å². The number of ether oxygens (including phenoxy) is 2. The Bertz CT molecular complexity index is 772. The van der Waals surface area contributed by atoms with Crippen LogP contribution in [0, 0.1) is 11.8 Å². The van der Waals surface area contributed by atoms with Crippen molar-refractivity contribution in [1.29, 1.82) is 0 Å². The molecular weight excluding hydrogens is 425 g/mol. The lowest BCUT2D eigenvalue weighted by atomic mass is 9.91. The van der Waals surface area contributed by atoms with Crippen LogP contribution in [0.4, 0.5) is 13.2 Å². The lowest BCUT2D eigenvalue weighted by Crippen LogP contribution is -2.60. The van der Waals surface area contributed by atoms with Gasteiger partial charge in [-0.1, -0.05) is 36.8 Å². The zero-order valence-electron chi connectivity index (χ0n) is 17.9. The second-order valence-electron chi connectivity index (χ2n) is 9.20. The van der Waals surface area contributed by atoms with Crippen molar-refractivity contribution in [3.63, 3.8) is 0 Å². The van der Waals surface area contributed by atoms with Crippen LogP contribution in [0.2, 0.25) is 0 Å². The molecule has 1 aliphatic carbocycles. The summed E-state index contributed by atoms with van der Waals surface area (Å²) in [7, 11) is 0. The highest BCUT2D eigenvalue weighted by molar-refractivity contribution is 5.74. The highest BCUT2D eigenvalue weighted by Gasteiger charge is 2.57.